The molecule has 2 amide bonds. The number of anilines is 1. The van der Waals surface area contributed by atoms with E-state index in [2.05, 4.69) is 17.6 Å². The van der Waals surface area contributed by atoms with Gasteiger partial charge >= 0.3 is 6.03 Å². The highest BCUT2D eigenvalue weighted by molar-refractivity contribution is 7.10. The maximum absolute atomic E-state index is 11.9. The summed E-state index contributed by atoms with van der Waals surface area (Å²) in [5.74, 6) is 0. The average Bonchev–Trinajstić information content (AvgIpc) is 3.01. The van der Waals surface area contributed by atoms with Gasteiger partial charge in [-0.05, 0) is 42.5 Å². The average molecular weight is 304 g/mol. The van der Waals surface area contributed by atoms with Crippen LogP contribution in [0.1, 0.15) is 24.3 Å². The van der Waals surface area contributed by atoms with E-state index in [4.69, 9.17) is 0 Å². The molecular weight excluding hydrogens is 284 g/mol. The summed E-state index contributed by atoms with van der Waals surface area (Å²) in [4.78, 5) is 12.7. The molecule has 3 N–H and O–H groups in total. The Morgan fingerprint density at radius 1 is 1.29 bits per heavy atom. The number of amides is 2. The molecule has 2 aromatic rings. The smallest absolute Gasteiger partial charge is 0.319 e. The van der Waals surface area contributed by atoms with Gasteiger partial charge in [0.05, 0.1) is 6.54 Å². The SMILES string of the molecule is CCc1ccc(NC(=O)NCC(C)(O)c2cccs2)cc1. The number of aliphatic hydroxyl groups is 1. The molecule has 0 aliphatic carbocycles. The molecule has 0 saturated heterocycles. The van der Waals surface area contributed by atoms with Crippen molar-refractivity contribution in [3.05, 3.63) is 52.2 Å². The molecule has 4 nitrogen and oxygen atoms in total. The van der Waals surface area contributed by atoms with Crippen LogP contribution in [-0.4, -0.2) is 17.7 Å². The molecule has 0 saturated carbocycles. The molecule has 1 aromatic carbocycles. The minimum Gasteiger partial charge on any atom is -0.383 e. The summed E-state index contributed by atoms with van der Waals surface area (Å²) in [7, 11) is 0. The zero-order valence-electron chi connectivity index (χ0n) is 12.2. The Morgan fingerprint density at radius 3 is 2.57 bits per heavy atom. The first kappa shape index (κ1) is 15.5. The summed E-state index contributed by atoms with van der Waals surface area (Å²) in [6, 6.07) is 11.1. The number of carbonyl (C=O) groups is 1. The van der Waals surface area contributed by atoms with Crippen molar-refractivity contribution >= 4 is 23.1 Å². The van der Waals surface area contributed by atoms with Crippen LogP contribution >= 0.6 is 11.3 Å². The third kappa shape index (κ3) is 4.31. The second kappa shape index (κ2) is 6.74. The van der Waals surface area contributed by atoms with E-state index in [-0.39, 0.29) is 12.6 Å². The van der Waals surface area contributed by atoms with Gasteiger partial charge in [0, 0.05) is 10.6 Å². The lowest BCUT2D eigenvalue weighted by Gasteiger charge is -2.22. The van der Waals surface area contributed by atoms with Gasteiger partial charge in [0.1, 0.15) is 5.60 Å². The molecular formula is C16H20N2O2S. The lowest BCUT2D eigenvalue weighted by Crippen LogP contribution is -2.40. The third-order valence-electron chi connectivity index (χ3n) is 3.27. The Morgan fingerprint density at radius 2 is 2.00 bits per heavy atom. The summed E-state index contributed by atoms with van der Waals surface area (Å²) in [6.07, 6.45) is 0.968. The maximum Gasteiger partial charge on any atom is 0.319 e. The van der Waals surface area contributed by atoms with Crippen LogP contribution < -0.4 is 10.6 Å². The first-order chi connectivity index (χ1) is 10.0. The van der Waals surface area contributed by atoms with Crippen LogP contribution in [0.4, 0.5) is 10.5 Å². The van der Waals surface area contributed by atoms with Crippen molar-refractivity contribution in [3.63, 3.8) is 0 Å². The van der Waals surface area contributed by atoms with E-state index in [9.17, 15) is 9.90 Å². The number of nitrogens with one attached hydrogen (secondary N) is 2. The van der Waals surface area contributed by atoms with Crippen molar-refractivity contribution in [2.75, 3.05) is 11.9 Å². The Labute approximate surface area is 128 Å². The zero-order chi connectivity index (χ0) is 15.3. The van der Waals surface area contributed by atoms with Crippen LogP contribution in [0.25, 0.3) is 0 Å². The van der Waals surface area contributed by atoms with Crippen molar-refractivity contribution < 1.29 is 9.90 Å². The minimum atomic E-state index is -1.06. The van der Waals surface area contributed by atoms with Gasteiger partial charge in [-0.1, -0.05) is 25.1 Å². The van der Waals surface area contributed by atoms with Gasteiger partial charge in [-0.2, -0.15) is 0 Å². The maximum atomic E-state index is 11.9. The van der Waals surface area contributed by atoms with Crippen molar-refractivity contribution in [2.45, 2.75) is 25.9 Å². The molecule has 0 spiro atoms. The minimum absolute atomic E-state index is 0.159. The van der Waals surface area contributed by atoms with E-state index in [1.54, 1.807) is 6.92 Å². The van der Waals surface area contributed by atoms with Crippen molar-refractivity contribution in [3.8, 4) is 0 Å². The molecule has 1 unspecified atom stereocenters. The van der Waals surface area contributed by atoms with Crippen LogP contribution in [0, 0.1) is 0 Å². The molecule has 1 heterocycles. The van der Waals surface area contributed by atoms with Gasteiger partial charge in [-0.15, -0.1) is 11.3 Å². The van der Waals surface area contributed by atoms with Crippen LogP contribution in [0.5, 0.6) is 0 Å². The fourth-order valence-electron chi connectivity index (χ4n) is 1.92. The molecule has 0 aliphatic heterocycles. The van der Waals surface area contributed by atoms with Gasteiger partial charge in [0.15, 0.2) is 0 Å². The highest BCUT2D eigenvalue weighted by atomic mass is 32.1. The molecule has 0 radical (unpaired) electrons. The first-order valence-electron chi connectivity index (χ1n) is 6.91. The number of aryl methyl sites for hydroxylation is 1. The lowest BCUT2D eigenvalue weighted by molar-refractivity contribution is 0.0637. The Balaban J connectivity index is 1.87. The van der Waals surface area contributed by atoms with E-state index in [0.29, 0.717) is 0 Å². The van der Waals surface area contributed by atoms with E-state index in [1.165, 1.54) is 16.9 Å². The second-order valence-electron chi connectivity index (χ2n) is 5.11. The fraction of sp³-hybridized carbons (Fsp3) is 0.312. The summed E-state index contributed by atoms with van der Waals surface area (Å²) < 4.78 is 0. The van der Waals surface area contributed by atoms with Gasteiger partial charge in [-0.25, -0.2) is 4.79 Å². The second-order valence-corrected chi connectivity index (χ2v) is 6.06. The lowest BCUT2D eigenvalue weighted by atomic mass is 10.1. The molecule has 0 aliphatic rings. The summed E-state index contributed by atoms with van der Waals surface area (Å²) in [5.41, 5.74) is 0.902. The Bertz CT molecular complexity index is 577. The third-order valence-corrected chi connectivity index (χ3v) is 4.39. The molecule has 2 rings (SSSR count). The number of carbonyl (C=O) groups excluding carboxylic acids is 1. The van der Waals surface area contributed by atoms with Gasteiger partial charge in [0.2, 0.25) is 0 Å². The van der Waals surface area contributed by atoms with E-state index >= 15 is 0 Å². The van der Waals surface area contributed by atoms with Crippen molar-refractivity contribution in [2.24, 2.45) is 0 Å². The van der Waals surface area contributed by atoms with Crippen LogP contribution in [0.2, 0.25) is 0 Å². The monoisotopic (exact) mass is 304 g/mol. The zero-order valence-corrected chi connectivity index (χ0v) is 13.0. The Kier molecular flexibility index (Phi) is 4.98. The summed E-state index contributed by atoms with van der Waals surface area (Å²) >= 11 is 1.47. The van der Waals surface area contributed by atoms with E-state index in [1.807, 2.05) is 41.8 Å². The molecule has 1 aromatic heterocycles. The van der Waals surface area contributed by atoms with Crippen LogP contribution in [0.15, 0.2) is 41.8 Å². The van der Waals surface area contributed by atoms with Crippen molar-refractivity contribution in [1.29, 1.82) is 0 Å². The van der Waals surface area contributed by atoms with E-state index < -0.39 is 5.60 Å². The number of thiophene rings is 1. The molecule has 5 heteroatoms. The number of benzene rings is 1. The quantitative estimate of drug-likeness (QED) is 0.793. The molecule has 112 valence electrons. The number of rotatable bonds is 5. The van der Waals surface area contributed by atoms with E-state index in [0.717, 1.165) is 17.0 Å². The summed E-state index contributed by atoms with van der Waals surface area (Å²) in [6.45, 7) is 3.93. The fourth-order valence-corrected chi connectivity index (χ4v) is 2.71. The Hall–Kier alpha value is -1.85. The highest BCUT2D eigenvalue weighted by Crippen LogP contribution is 2.24. The largest absolute Gasteiger partial charge is 0.383 e. The first-order valence-corrected chi connectivity index (χ1v) is 7.79. The van der Waals surface area contributed by atoms with Gasteiger partial charge < -0.3 is 15.7 Å². The van der Waals surface area contributed by atoms with Gasteiger partial charge in [0.25, 0.3) is 0 Å². The predicted octanol–water partition coefficient (Wildman–Crippen LogP) is 3.34. The van der Waals surface area contributed by atoms with Crippen LogP contribution in [-0.2, 0) is 12.0 Å². The number of hydrogen-bond acceptors (Lipinski definition) is 3. The molecule has 0 fully saturated rings. The standard InChI is InChI=1S/C16H20N2O2S/c1-3-12-6-8-13(9-7-12)18-15(19)17-11-16(2,20)14-5-4-10-21-14/h4-10,20H,3,11H2,1-2H3,(H2,17,18,19). The van der Waals surface area contributed by atoms with Crippen molar-refractivity contribution in [1.82, 2.24) is 5.32 Å². The van der Waals surface area contributed by atoms with Crippen LogP contribution in [0.3, 0.4) is 0 Å². The normalized spacial score (nSPS) is 13.5. The number of hydrogen-bond donors (Lipinski definition) is 3. The predicted molar refractivity (Wildman–Crippen MR) is 86.7 cm³/mol. The van der Waals surface area contributed by atoms with Gasteiger partial charge in [-0.3, -0.25) is 0 Å². The summed E-state index contributed by atoms with van der Waals surface area (Å²) in [5, 5.41) is 17.7. The highest BCUT2D eigenvalue weighted by Gasteiger charge is 2.24. The topological polar surface area (TPSA) is 61.4 Å². The molecule has 1 atom stereocenters. The molecule has 21 heavy (non-hydrogen) atoms. The molecule has 0 bridgehead atoms. The number of urea groups is 1.